The summed E-state index contributed by atoms with van der Waals surface area (Å²) in [7, 11) is 0. The van der Waals surface area contributed by atoms with Crippen LogP contribution in [-0.4, -0.2) is 39.5 Å². The Morgan fingerprint density at radius 1 is 1.03 bits per heavy atom. The first kappa shape index (κ1) is 25.7. The number of aliphatic hydroxyl groups is 3. The fourth-order valence-electron chi connectivity index (χ4n) is 9.56. The van der Waals surface area contributed by atoms with Crippen molar-refractivity contribution >= 4 is 17.2 Å². The highest BCUT2D eigenvalue weighted by Crippen LogP contribution is 2.68. The second-order valence-electron chi connectivity index (χ2n) is 13.0. The van der Waals surface area contributed by atoms with Gasteiger partial charge >= 0.3 is 0 Å². The second-order valence-corrected chi connectivity index (χ2v) is 14.0. The van der Waals surface area contributed by atoms with Crippen LogP contribution in [0.2, 0.25) is 0 Å². The molecule has 4 fully saturated rings. The Morgan fingerprint density at radius 2 is 1.74 bits per heavy atom. The van der Waals surface area contributed by atoms with Gasteiger partial charge in [-0.25, -0.2) is 0 Å². The third kappa shape index (κ3) is 4.20. The Hall–Kier alpha value is -0.950. The van der Waals surface area contributed by atoms with Gasteiger partial charge < -0.3 is 20.6 Å². The molecule has 4 saturated carbocycles. The molecule has 12 atom stereocenters. The Balaban J connectivity index is 1.30. The zero-order valence-electron chi connectivity index (χ0n) is 21.8. The molecule has 1 unspecified atom stereocenters. The molecule has 35 heavy (non-hydrogen) atoms. The molecular formula is C29H45NO4S. The fraction of sp³-hybridized carbons (Fsp3) is 0.828. The molecule has 5 nitrogen and oxygen atoms in total. The van der Waals surface area contributed by atoms with Gasteiger partial charge in [-0.05, 0) is 110 Å². The summed E-state index contributed by atoms with van der Waals surface area (Å²) in [5.74, 6) is 1.76. The molecule has 4 aliphatic carbocycles. The van der Waals surface area contributed by atoms with E-state index in [2.05, 4.69) is 39.1 Å². The number of thiophene rings is 1. The first-order valence-corrected chi connectivity index (χ1v) is 14.8. The molecule has 0 spiro atoms. The predicted molar refractivity (Wildman–Crippen MR) is 139 cm³/mol. The molecule has 1 heterocycles. The van der Waals surface area contributed by atoms with E-state index in [-0.39, 0.29) is 46.6 Å². The van der Waals surface area contributed by atoms with Crippen LogP contribution < -0.4 is 5.32 Å². The van der Waals surface area contributed by atoms with Crippen LogP contribution in [0.5, 0.6) is 0 Å². The SMILES string of the molecule is CC(NC(=O)C[C@@H](C)[C@H]1CC[C@H]2[C@@H]3[C@H](O)[C@H](O)[C@@H]4C[C@H](O)CC[C@]4(C)[C@H]3CC[C@]12C)c1cccs1. The van der Waals surface area contributed by atoms with Crippen LogP contribution in [0.15, 0.2) is 17.5 Å². The van der Waals surface area contributed by atoms with Gasteiger partial charge in [-0.2, -0.15) is 0 Å². The van der Waals surface area contributed by atoms with Crippen molar-refractivity contribution in [1.82, 2.24) is 5.32 Å². The molecule has 196 valence electrons. The fourth-order valence-corrected chi connectivity index (χ4v) is 10.3. The number of nitrogens with one attached hydrogen (secondary N) is 1. The molecule has 0 aliphatic heterocycles. The number of hydrogen-bond acceptors (Lipinski definition) is 5. The third-order valence-corrected chi connectivity index (χ3v) is 12.4. The van der Waals surface area contributed by atoms with Crippen LogP contribution in [-0.2, 0) is 4.79 Å². The van der Waals surface area contributed by atoms with Crippen molar-refractivity contribution < 1.29 is 20.1 Å². The molecule has 0 bridgehead atoms. The number of hydrogen-bond donors (Lipinski definition) is 4. The minimum atomic E-state index is -0.750. The van der Waals surface area contributed by atoms with Gasteiger partial charge in [-0.1, -0.05) is 26.8 Å². The van der Waals surface area contributed by atoms with E-state index in [1.807, 2.05) is 11.4 Å². The van der Waals surface area contributed by atoms with E-state index in [0.717, 1.165) is 38.5 Å². The lowest BCUT2D eigenvalue weighted by Gasteiger charge is -2.63. The van der Waals surface area contributed by atoms with Gasteiger partial charge in [0.25, 0.3) is 0 Å². The highest BCUT2D eigenvalue weighted by molar-refractivity contribution is 7.10. The summed E-state index contributed by atoms with van der Waals surface area (Å²) in [5.41, 5.74) is 0.0870. The average molecular weight is 504 g/mol. The highest BCUT2D eigenvalue weighted by atomic mass is 32.1. The lowest BCUT2D eigenvalue weighted by atomic mass is 9.43. The summed E-state index contributed by atoms with van der Waals surface area (Å²) in [5, 5.41) is 38.2. The summed E-state index contributed by atoms with van der Waals surface area (Å²) in [6.07, 6.45) is 5.47. The maximum atomic E-state index is 12.9. The van der Waals surface area contributed by atoms with Crippen LogP contribution in [0.25, 0.3) is 0 Å². The minimum absolute atomic E-state index is 0.00854. The van der Waals surface area contributed by atoms with E-state index in [4.69, 9.17) is 0 Å². The number of carbonyl (C=O) groups excluding carboxylic acids is 1. The van der Waals surface area contributed by atoms with Crippen molar-refractivity contribution in [2.75, 3.05) is 0 Å². The molecule has 6 heteroatoms. The molecular weight excluding hydrogens is 458 g/mol. The van der Waals surface area contributed by atoms with Crippen molar-refractivity contribution in [2.24, 2.45) is 46.3 Å². The van der Waals surface area contributed by atoms with Gasteiger partial charge in [0.1, 0.15) is 0 Å². The monoisotopic (exact) mass is 503 g/mol. The van der Waals surface area contributed by atoms with E-state index < -0.39 is 12.2 Å². The summed E-state index contributed by atoms with van der Waals surface area (Å²) in [6, 6.07) is 4.14. The van der Waals surface area contributed by atoms with E-state index in [1.54, 1.807) is 11.3 Å². The number of rotatable bonds is 5. The van der Waals surface area contributed by atoms with Crippen LogP contribution in [0, 0.1) is 46.3 Å². The van der Waals surface area contributed by atoms with Crippen molar-refractivity contribution in [3.05, 3.63) is 22.4 Å². The van der Waals surface area contributed by atoms with Crippen molar-refractivity contribution in [3.8, 4) is 0 Å². The van der Waals surface area contributed by atoms with E-state index >= 15 is 0 Å². The predicted octanol–water partition coefficient (Wildman–Crippen LogP) is 4.91. The first-order chi connectivity index (χ1) is 16.6. The Morgan fingerprint density at radius 3 is 2.46 bits per heavy atom. The van der Waals surface area contributed by atoms with Crippen molar-refractivity contribution in [2.45, 2.75) is 103 Å². The summed E-state index contributed by atoms with van der Waals surface area (Å²) >= 11 is 1.68. The molecule has 5 rings (SSSR count). The summed E-state index contributed by atoms with van der Waals surface area (Å²) in [6.45, 7) is 9.03. The summed E-state index contributed by atoms with van der Waals surface area (Å²) < 4.78 is 0. The van der Waals surface area contributed by atoms with Gasteiger partial charge in [0.05, 0.1) is 24.4 Å². The van der Waals surface area contributed by atoms with E-state index in [0.29, 0.717) is 30.6 Å². The molecule has 0 saturated heterocycles. The van der Waals surface area contributed by atoms with Crippen molar-refractivity contribution in [1.29, 1.82) is 0 Å². The molecule has 0 aromatic carbocycles. The average Bonchev–Trinajstić information content (AvgIpc) is 3.46. The minimum Gasteiger partial charge on any atom is -0.393 e. The molecule has 1 aromatic heterocycles. The number of fused-ring (bicyclic) bond motifs is 5. The topological polar surface area (TPSA) is 89.8 Å². The number of carbonyl (C=O) groups is 1. The number of aliphatic hydroxyl groups excluding tert-OH is 3. The third-order valence-electron chi connectivity index (χ3n) is 11.3. The van der Waals surface area contributed by atoms with Gasteiger partial charge in [0.2, 0.25) is 5.91 Å². The summed E-state index contributed by atoms with van der Waals surface area (Å²) in [4.78, 5) is 14.1. The lowest BCUT2D eigenvalue weighted by molar-refractivity contribution is -0.223. The zero-order chi connectivity index (χ0) is 25.1. The van der Waals surface area contributed by atoms with Gasteiger partial charge in [0, 0.05) is 11.3 Å². The van der Waals surface area contributed by atoms with Crippen LogP contribution >= 0.6 is 11.3 Å². The molecule has 4 N–H and O–H groups in total. The van der Waals surface area contributed by atoms with Gasteiger partial charge in [-0.3, -0.25) is 4.79 Å². The Labute approximate surface area is 214 Å². The van der Waals surface area contributed by atoms with E-state index in [9.17, 15) is 20.1 Å². The van der Waals surface area contributed by atoms with Crippen LogP contribution in [0.3, 0.4) is 0 Å². The number of amides is 1. The normalized spacial score (nSPS) is 46.7. The molecule has 1 aromatic rings. The maximum absolute atomic E-state index is 12.9. The standard InChI is InChI=1S/C29H45NO4S/c1-16(14-24(32)30-17(2)23-6-5-13-35-23)19-7-8-20-25-21(10-12-28(19,20)3)29(4)11-9-18(31)15-22(29)26(33)27(25)34/h5-6,13,16-22,25-27,31,33-34H,7-12,14-15H2,1-4H3,(H,30,32)/t16-,17?,18-,19-,20+,21+,22+,25+,26-,27+,28-,29-/m1/s1. The lowest BCUT2D eigenvalue weighted by Crippen LogP contribution is -2.64. The molecule has 0 radical (unpaired) electrons. The van der Waals surface area contributed by atoms with E-state index in [1.165, 1.54) is 4.88 Å². The second kappa shape index (κ2) is 9.41. The van der Waals surface area contributed by atoms with Gasteiger partial charge in [0.15, 0.2) is 0 Å². The highest BCUT2D eigenvalue weighted by Gasteiger charge is 2.65. The molecule has 1 amide bonds. The van der Waals surface area contributed by atoms with Crippen LogP contribution in [0.4, 0.5) is 0 Å². The quantitative estimate of drug-likeness (QED) is 0.459. The smallest absolute Gasteiger partial charge is 0.220 e. The van der Waals surface area contributed by atoms with Crippen LogP contribution in [0.1, 0.15) is 90.0 Å². The Kier molecular flexibility index (Phi) is 6.91. The zero-order valence-corrected chi connectivity index (χ0v) is 22.6. The van der Waals surface area contributed by atoms with Crippen molar-refractivity contribution in [3.63, 3.8) is 0 Å². The largest absolute Gasteiger partial charge is 0.393 e. The van der Waals surface area contributed by atoms with Gasteiger partial charge in [-0.15, -0.1) is 11.3 Å². The first-order valence-electron chi connectivity index (χ1n) is 13.9. The molecule has 4 aliphatic rings. The Bertz CT molecular complexity index is 907. The maximum Gasteiger partial charge on any atom is 0.220 e.